The number of hydrogen-bond acceptors (Lipinski definition) is 7. The maximum Gasteiger partial charge on any atom is 0.274 e. The van der Waals surface area contributed by atoms with Crippen LogP contribution in [0.3, 0.4) is 0 Å². The Morgan fingerprint density at radius 2 is 2.14 bits per heavy atom. The minimum absolute atomic E-state index is 0.309. The lowest BCUT2D eigenvalue weighted by Gasteiger charge is -2.04. The van der Waals surface area contributed by atoms with Crippen molar-refractivity contribution in [2.75, 3.05) is 12.8 Å². The molecule has 2 heterocycles. The minimum atomic E-state index is -0.335. The first-order chi connectivity index (χ1) is 10.2. The highest BCUT2D eigenvalue weighted by Gasteiger charge is 2.12. The van der Waals surface area contributed by atoms with E-state index in [1.54, 1.807) is 13.2 Å². The first kappa shape index (κ1) is 13.3. The Kier molecular flexibility index (Phi) is 3.36. The number of methoxy groups -OCH3 is 1. The molecule has 2 aromatic heterocycles. The third kappa shape index (κ3) is 2.61. The number of benzene rings is 1. The molecule has 21 heavy (non-hydrogen) atoms. The zero-order valence-electron chi connectivity index (χ0n) is 11.0. The summed E-state index contributed by atoms with van der Waals surface area (Å²) in [5.74, 6) is 0.710. The van der Waals surface area contributed by atoms with E-state index in [2.05, 4.69) is 20.4 Å². The predicted octanol–water partition coefficient (Wildman–Crippen LogP) is 1.55. The van der Waals surface area contributed by atoms with E-state index in [0.29, 0.717) is 27.1 Å². The lowest BCUT2D eigenvalue weighted by atomic mass is 10.1. The molecule has 8 heteroatoms. The Morgan fingerprint density at radius 1 is 1.29 bits per heavy atom. The molecule has 0 atom stereocenters. The molecule has 3 N–H and O–H groups in total. The van der Waals surface area contributed by atoms with Crippen LogP contribution in [0.1, 0.15) is 0 Å². The lowest BCUT2D eigenvalue weighted by Crippen LogP contribution is -2.11. The Morgan fingerprint density at radius 3 is 2.86 bits per heavy atom. The third-order valence-electron chi connectivity index (χ3n) is 2.84. The van der Waals surface area contributed by atoms with E-state index in [0.717, 1.165) is 16.9 Å². The molecule has 0 aliphatic rings. The van der Waals surface area contributed by atoms with Crippen molar-refractivity contribution in [1.82, 2.24) is 20.4 Å². The van der Waals surface area contributed by atoms with Crippen LogP contribution in [0.4, 0.5) is 5.13 Å². The highest BCUT2D eigenvalue weighted by atomic mass is 32.1. The number of rotatable bonds is 3. The molecule has 0 bridgehead atoms. The summed E-state index contributed by atoms with van der Waals surface area (Å²) in [4.78, 5) is 11.9. The van der Waals surface area contributed by atoms with Crippen molar-refractivity contribution in [3.8, 4) is 27.6 Å². The molecular weight excluding hydrogens is 290 g/mol. The second-order valence-corrected chi connectivity index (χ2v) is 5.18. The van der Waals surface area contributed by atoms with Gasteiger partial charge in [0.1, 0.15) is 5.75 Å². The van der Waals surface area contributed by atoms with Gasteiger partial charge in [0.2, 0.25) is 5.13 Å². The fraction of sp³-hybridized carbons (Fsp3) is 0.0769. The van der Waals surface area contributed by atoms with Crippen LogP contribution >= 0.6 is 11.3 Å². The van der Waals surface area contributed by atoms with Gasteiger partial charge in [-0.2, -0.15) is 5.10 Å². The van der Waals surface area contributed by atoms with Crippen LogP contribution in [-0.4, -0.2) is 27.5 Å². The van der Waals surface area contributed by atoms with Crippen LogP contribution in [0.25, 0.3) is 21.8 Å². The number of nitrogens with zero attached hydrogens (tertiary/aromatic N) is 3. The standard InChI is InChI=1S/C13H11N5O2S/c1-20-8-4-2-3-7(5-8)10-6-9(11(19)16-15-10)12-17-18-13(14)21-12/h2-6H,1H3,(H2,14,18)(H,16,19). The van der Waals surface area contributed by atoms with Crippen molar-refractivity contribution in [1.29, 1.82) is 0 Å². The Balaban J connectivity index is 2.10. The van der Waals surface area contributed by atoms with Crippen molar-refractivity contribution in [3.63, 3.8) is 0 Å². The molecule has 0 fully saturated rings. The highest BCUT2D eigenvalue weighted by molar-refractivity contribution is 7.18. The number of hydrogen-bond donors (Lipinski definition) is 2. The van der Waals surface area contributed by atoms with E-state index in [-0.39, 0.29) is 5.56 Å². The second-order valence-electron chi connectivity index (χ2n) is 4.17. The maximum atomic E-state index is 11.9. The number of aromatic nitrogens is 4. The summed E-state index contributed by atoms with van der Waals surface area (Å²) in [6.07, 6.45) is 0. The molecule has 0 spiro atoms. The van der Waals surface area contributed by atoms with Gasteiger partial charge in [0.25, 0.3) is 5.56 Å². The van der Waals surface area contributed by atoms with Gasteiger partial charge in [0.05, 0.1) is 18.4 Å². The fourth-order valence-corrected chi connectivity index (χ4v) is 2.46. The van der Waals surface area contributed by atoms with Gasteiger partial charge in [-0.15, -0.1) is 10.2 Å². The smallest absolute Gasteiger partial charge is 0.274 e. The van der Waals surface area contributed by atoms with Gasteiger partial charge in [-0.3, -0.25) is 4.79 Å². The summed E-state index contributed by atoms with van der Waals surface area (Å²) in [6, 6.07) is 9.05. The molecule has 0 amide bonds. The van der Waals surface area contributed by atoms with Crippen molar-refractivity contribution < 1.29 is 4.74 Å². The fourth-order valence-electron chi connectivity index (χ4n) is 1.84. The normalized spacial score (nSPS) is 10.5. The molecule has 0 aliphatic heterocycles. The predicted molar refractivity (Wildman–Crippen MR) is 80.2 cm³/mol. The molecule has 106 valence electrons. The Hall–Kier alpha value is -2.74. The summed E-state index contributed by atoms with van der Waals surface area (Å²) in [6.45, 7) is 0. The van der Waals surface area contributed by atoms with Gasteiger partial charge in [-0.1, -0.05) is 23.5 Å². The van der Waals surface area contributed by atoms with Crippen molar-refractivity contribution in [2.45, 2.75) is 0 Å². The quantitative estimate of drug-likeness (QED) is 0.760. The van der Waals surface area contributed by atoms with Gasteiger partial charge in [0.15, 0.2) is 5.01 Å². The molecule has 3 aromatic rings. The Bertz CT molecular complexity index is 842. The van der Waals surface area contributed by atoms with E-state index in [4.69, 9.17) is 10.5 Å². The average molecular weight is 301 g/mol. The molecule has 0 saturated heterocycles. The molecule has 3 rings (SSSR count). The maximum absolute atomic E-state index is 11.9. The molecule has 0 saturated carbocycles. The third-order valence-corrected chi connectivity index (χ3v) is 3.63. The van der Waals surface area contributed by atoms with Gasteiger partial charge >= 0.3 is 0 Å². The van der Waals surface area contributed by atoms with E-state index in [1.807, 2.05) is 24.3 Å². The second kappa shape index (κ2) is 5.33. The topological polar surface area (TPSA) is 107 Å². The largest absolute Gasteiger partial charge is 0.497 e. The van der Waals surface area contributed by atoms with Crippen molar-refractivity contribution >= 4 is 16.5 Å². The van der Waals surface area contributed by atoms with E-state index in [1.165, 1.54) is 0 Å². The van der Waals surface area contributed by atoms with E-state index < -0.39 is 0 Å². The zero-order valence-corrected chi connectivity index (χ0v) is 11.8. The number of ether oxygens (including phenoxy) is 1. The number of nitrogen functional groups attached to an aromatic ring is 1. The van der Waals surface area contributed by atoms with Crippen LogP contribution in [0, 0.1) is 0 Å². The van der Waals surface area contributed by atoms with Gasteiger partial charge in [-0.05, 0) is 18.2 Å². The van der Waals surface area contributed by atoms with Gasteiger partial charge in [0, 0.05) is 5.56 Å². The summed E-state index contributed by atoms with van der Waals surface area (Å²) in [5, 5.41) is 14.9. The number of nitrogens with one attached hydrogen (secondary N) is 1. The number of aromatic amines is 1. The Labute approximate surface area is 123 Å². The van der Waals surface area contributed by atoms with Gasteiger partial charge < -0.3 is 10.5 Å². The highest BCUT2D eigenvalue weighted by Crippen LogP contribution is 2.26. The van der Waals surface area contributed by atoms with Crippen LogP contribution in [0.15, 0.2) is 35.1 Å². The molecule has 1 aromatic carbocycles. The summed E-state index contributed by atoms with van der Waals surface area (Å²) in [5.41, 5.74) is 7.04. The van der Waals surface area contributed by atoms with E-state index >= 15 is 0 Å². The molecule has 7 nitrogen and oxygen atoms in total. The molecule has 0 radical (unpaired) electrons. The number of H-pyrrole nitrogens is 1. The molecule has 0 unspecified atom stereocenters. The monoisotopic (exact) mass is 301 g/mol. The minimum Gasteiger partial charge on any atom is -0.497 e. The molecular formula is C13H11N5O2S. The summed E-state index contributed by atoms with van der Waals surface area (Å²) in [7, 11) is 1.59. The van der Waals surface area contributed by atoms with Crippen LogP contribution < -0.4 is 16.0 Å². The summed E-state index contributed by atoms with van der Waals surface area (Å²) >= 11 is 1.15. The van der Waals surface area contributed by atoms with Crippen LogP contribution in [0.5, 0.6) is 5.75 Å². The average Bonchev–Trinajstić information content (AvgIpc) is 2.94. The van der Waals surface area contributed by atoms with Crippen LogP contribution in [0.2, 0.25) is 0 Å². The number of anilines is 1. The van der Waals surface area contributed by atoms with E-state index in [9.17, 15) is 4.79 Å². The van der Waals surface area contributed by atoms with Crippen molar-refractivity contribution in [3.05, 3.63) is 40.7 Å². The van der Waals surface area contributed by atoms with Crippen LogP contribution in [-0.2, 0) is 0 Å². The zero-order chi connectivity index (χ0) is 14.8. The number of nitrogens with two attached hydrogens (primary N) is 1. The molecule has 0 aliphatic carbocycles. The summed E-state index contributed by atoms with van der Waals surface area (Å²) < 4.78 is 5.18. The first-order valence-electron chi connectivity index (χ1n) is 6.01. The SMILES string of the molecule is COc1cccc(-c2cc(-c3nnc(N)s3)c(=O)[nH]n2)c1. The van der Waals surface area contributed by atoms with Crippen molar-refractivity contribution in [2.24, 2.45) is 0 Å². The lowest BCUT2D eigenvalue weighted by molar-refractivity contribution is 0.415. The van der Waals surface area contributed by atoms with Gasteiger partial charge in [-0.25, -0.2) is 5.10 Å². The first-order valence-corrected chi connectivity index (χ1v) is 6.82.